The third-order valence-electron chi connectivity index (χ3n) is 3.20. The number of nitrogens with zero attached hydrogens (tertiary/aromatic N) is 1. The standard InChI is InChI=1S/C17H19N3O3/c1-20(2)13-10-8-12(9-11-13)18-16(21)17(22)19-14-6-4-5-7-15(14)23-3/h4-11H,1-3H3,(H,18,21)(H,19,22). The van der Waals surface area contributed by atoms with Crippen molar-refractivity contribution in [1.82, 2.24) is 0 Å². The van der Waals surface area contributed by atoms with Crippen molar-refractivity contribution in [3.05, 3.63) is 48.5 Å². The molecule has 2 aromatic carbocycles. The van der Waals surface area contributed by atoms with E-state index in [1.165, 1.54) is 7.11 Å². The Bertz CT molecular complexity index is 696. The largest absolute Gasteiger partial charge is 0.495 e. The quantitative estimate of drug-likeness (QED) is 0.850. The van der Waals surface area contributed by atoms with E-state index in [1.54, 1.807) is 36.4 Å². The Kier molecular flexibility index (Phi) is 5.19. The van der Waals surface area contributed by atoms with Crippen LogP contribution in [0.3, 0.4) is 0 Å². The lowest BCUT2D eigenvalue weighted by atomic mass is 10.2. The van der Waals surface area contributed by atoms with Gasteiger partial charge in [-0.2, -0.15) is 0 Å². The van der Waals surface area contributed by atoms with Crippen LogP contribution < -0.4 is 20.3 Å². The van der Waals surface area contributed by atoms with Crippen LogP contribution in [0.5, 0.6) is 5.75 Å². The van der Waals surface area contributed by atoms with E-state index in [9.17, 15) is 9.59 Å². The van der Waals surface area contributed by atoms with E-state index in [1.807, 2.05) is 31.1 Å². The van der Waals surface area contributed by atoms with Crippen LogP contribution in [-0.2, 0) is 9.59 Å². The predicted octanol–water partition coefficient (Wildman–Crippen LogP) is 2.34. The molecule has 2 aromatic rings. The van der Waals surface area contributed by atoms with Gasteiger partial charge >= 0.3 is 11.8 Å². The first-order valence-electron chi connectivity index (χ1n) is 7.04. The lowest BCUT2D eigenvalue weighted by Gasteiger charge is -2.13. The first-order chi connectivity index (χ1) is 11.0. The molecule has 0 heterocycles. The number of para-hydroxylation sites is 2. The van der Waals surface area contributed by atoms with Gasteiger partial charge in [0, 0.05) is 25.5 Å². The van der Waals surface area contributed by atoms with Gasteiger partial charge in [-0.1, -0.05) is 12.1 Å². The van der Waals surface area contributed by atoms with Gasteiger partial charge in [-0.15, -0.1) is 0 Å². The summed E-state index contributed by atoms with van der Waals surface area (Å²) in [5.41, 5.74) is 2.00. The van der Waals surface area contributed by atoms with Gasteiger partial charge in [0.1, 0.15) is 5.75 Å². The molecule has 6 heteroatoms. The minimum absolute atomic E-state index is 0.443. The molecule has 0 radical (unpaired) electrons. The highest BCUT2D eigenvalue weighted by atomic mass is 16.5. The number of carbonyl (C=O) groups is 2. The maximum atomic E-state index is 12.0. The topological polar surface area (TPSA) is 70.7 Å². The fourth-order valence-electron chi connectivity index (χ4n) is 1.96. The Hall–Kier alpha value is -3.02. The number of methoxy groups -OCH3 is 1. The van der Waals surface area contributed by atoms with Crippen molar-refractivity contribution >= 4 is 28.9 Å². The van der Waals surface area contributed by atoms with E-state index in [4.69, 9.17) is 4.74 Å². The van der Waals surface area contributed by atoms with Crippen LogP contribution >= 0.6 is 0 Å². The number of nitrogens with one attached hydrogen (secondary N) is 2. The highest BCUT2D eigenvalue weighted by Gasteiger charge is 2.15. The van der Waals surface area contributed by atoms with E-state index in [2.05, 4.69) is 10.6 Å². The smallest absolute Gasteiger partial charge is 0.314 e. The Labute approximate surface area is 135 Å². The first kappa shape index (κ1) is 16.4. The minimum atomic E-state index is -0.758. The van der Waals surface area contributed by atoms with Crippen molar-refractivity contribution in [3.8, 4) is 5.75 Å². The van der Waals surface area contributed by atoms with Crippen LogP contribution in [0, 0.1) is 0 Å². The Morgan fingerprint density at radius 1 is 0.913 bits per heavy atom. The van der Waals surface area contributed by atoms with E-state index < -0.39 is 11.8 Å². The van der Waals surface area contributed by atoms with Crippen LogP contribution in [0.1, 0.15) is 0 Å². The van der Waals surface area contributed by atoms with E-state index in [-0.39, 0.29) is 0 Å². The highest BCUT2D eigenvalue weighted by Crippen LogP contribution is 2.23. The minimum Gasteiger partial charge on any atom is -0.495 e. The fraction of sp³-hybridized carbons (Fsp3) is 0.176. The number of amides is 2. The molecule has 6 nitrogen and oxygen atoms in total. The Balaban J connectivity index is 2.01. The molecule has 0 aliphatic carbocycles. The van der Waals surface area contributed by atoms with Crippen LogP contribution in [0.25, 0.3) is 0 Å². The van der Waals surface area contributed by atoms with E-state index in [0.717, 1.165) is 5.69 Å². The number of anilines is 3. The van der Waals surface area contributed by atoms with Crippen molar-refractivity contribution in [2.45, 2.75) is 0 Å². The first-order valence-corrected chi connectivity index (χ1v) is 7.04. The molecule has 23 heavy (non-hydrogen) atoms. The summed E-state index contributed by atoms with van der Waals surface area (Å²) < 4.78 is 5.13. The van der Waals surface area contributed by atoms with Gasteiger partial charge in [-0.05, 0) is 36.4 Å². The Morgan fingerprint density at radius 3 is 2.13 bits per heavy atom. The average Bonchev–Trinajstić information content (AvgIpc) is 2.55. The third-order valence-corrected chi connectivity index (χ3v) is 3.20. The molecule has 120 valence electrons. The van der Waals surface area contributed by atoms with Gasteiger partial charge in [0.2, 0.25) is 0 Å². The van der Waals surface area contributed by atoms with Gasteiger partial charge in [0.25, 0.3) is 0 Å². The molecular weight excluding hydrogens is 294 g/mol. The van der Waals surface area contributed by atoms with Crippen LogP contribution in [0.4, 0.5) is 17.1 Å². The molecule has 0 aliphatic heterocycles. The number of carbonyl (C=O) groups excluding carboxylic acids is 2. The van der Waals surface area contributed by atoms with Crippen LogP contribution in [0.2, 0.25) is 0 Å². The normalized spacial score (nSPS) is 9.87. The van der Waals surface area contributed by atoms with Crippen molar-refractivity contribution < 1.29 is 14.3 Å². The maximum Gasteiger partial charge on any atom is 0.314 e. The van der Waals surface area contributed by atoms with Gasteiger partial charge in [-0.3, -0.25) is 9.59 Å². The highest BCUT2D eigenvalue weighted by molar-refractivity contribution is 6.43. The summed E-state index contributed by atoms with van der Waals surface area (Å²) in [4.78, 5) is 25.9. The van der Waals surface area contributed by atoms with Gasteiger partial charge < -0.3 is 20.3 Å². The zero-order valence-electron chi connectivity index (χ0n) is 13.3. The summed E-state index contributed by atoms with van der Waals surface area (Å²) in [6, 6.07) is 14.1. The lowest BCUT2D eigenvalue weighted by Crippen LogP contribution is -2.29. The van der Waals surface area contributed by atoms with Crippen molar-refractivity contribution in [3.63, 3.8) is 0 Å². The molecule has 0 aliphatic rings. The summed E-state index contributed by atoms with van der Waals surface area (Å²) in [5.74, 6) is -1.01. The summed E-state index contributed by atoms with van der Waals surface area (Å²) in [5, 5.41) is 5.08. The summed E-state index contributed by atoms with van der Waals surface area (Å²) >= 11 is 0. The molecule has 0 saturated carbocycles. The molecule has 0 atom stereocenters. The van der Waals surface area contributed by atoms with Crippen molar-refractivity contribution in [1.29, 1.82) is 0 Å². The zero-order chi connectivity index (χ0) is 16.8. The molecule has 0 bridgehead atoms. The van der Waals surface area contributed by atoms with Gasteiger partial charge in [0.05, 0.1) is 12.8 Å². The predicted molar refractivity (Wildman–Crippen MR) is 91.0 cm³/mol. The molecule has 0 spiro atoms. The molecular formula is C17H19N3O3. The molecule has 0 fully saturated rings. The van der Waals surface area contributed by atoms with Crippen LogP contribution in [-0.4, -0.2) is 33.0 Å². The number of benzene rings is 2. The molecule has 2 rings (SSSR count). The van der Waals surface area contributed by atoms with E-state index in [0.29, 0.717) is 17.1 Å². The number of hydrogen-bond acceptors (Lipinski definition) is 4. The second kappa shape index (κ2) is 7.31. The lowest BCUT2D eigenvalue weighted by molar-refractivity contribution is -0.133. The van der Waals surface area contributed by atoms with Crippen molar-refractivity contribution in [2.75, 3.05) is 36.7 Å². The van der Waals surface area contributed by atoms with Crippen molar-refractivity contribution in [2.24, 2.45) is 0 Å². The molecule has 0 unspecified atom stereocenters. The summed E-state index contributed by atoms with van der Waals surface area (Å²) in [6.45, 7) is 0. The fourth-order valence-corrected chi connectivity index (χ4v) is 1.96. The van der Waals surface area contributed by atoms with Gasteiger partial charge in [-0.25, -0.2) is 0 Å². The van der Waals surface area contributed by atoms with E-state index >= 15 is 0 Å². The zero-order valence-corrected chi connectivity index (χ0v) is 13.3. The third kappa shape index (κ3) is 4.23. The molecule has 2 amide bonds. The monoisotopic (exact) mass is 313 g/mol. The molecule has 2 N–H and O–H groups in total. The Morgan fingerprint density at radius 2 is 1.52 bits per heavy atom. The number of hydrogen-bond donors (Lipinski definition) is 2. The maximum absolute atomic E-state index is 12.0. The molecule has 0 saturated heterocycles. The molecule has 0 aromatic heterocycles. The second-order valence-electron chi connectivity index (χ2n) is 5.05. The summed E-state index contributed by atoms with van der Waals surface area (Å²) in [7, 11) is 5.35. The van der Waals surface area contributed by atoms with Gasteiger partial charge in [0.15, 0.2) is 0 Å². The van der Waals surface area contributed by atoms with Crippen LogP contribution in [0.15, 0.2) is 48.5 Å². The summed E-state index contributed by atoms with van der Waals surface area (Å²) in [6.07, 6.45) is 0. The SMILES string of the molecule is COc1ccccc1NC(=O)C(=O)Nc1ccc(N(C)C)cc1. The second-order valence-corrected chi connectivity index (χ2v) is 5.05. The number of rotatable bonds is 4. The average molecular weight is 313 g/mol. The number of ether oxygens (including phenoxy) is 1.